The average Bonchev–Trinajstić information content (AvgIpc) is 3.31. The lowest BCUT2D eigenvalue weighted by Crippen LogP contribution is -2.32. The van der Waals surface area contributed by atoms with Crippen molar-refractivity contribution in [2.24, 2.45) is 5.92 Å². The van der Waals surface area contributed by atoms with Crippen LogP contribution in [0.5, 0.6) is 0 Å². The Morgan fingerprint density at radius 3 is 2.77 bits per heavy atom. The molecule has 1 amide bonds. The van der Waals surface area contributed by atoms with Gasteiger partial charge in [0.25, 0.3) is 5.91 Å². The van der Waals surface area contributed by atoms with Crippen molar-refractivity contribution in [3.63, 3.8) is 0 Å². The first kappa shape index (κ1) is 18.3. The summed E-state index contributed by atoms with van der Waals surface area (Å²) >= 11 is 0. The van der Waals surface area contributed by atoms with Gasteiger partial charge in [-0.3, -0.25) is 19.3 Å². The number of aryl methyl sites for hydroxylation is 1. The molecule has 2 aromatic carbocycles. The first-order valence-electron chi connectivity index (χ1n) is 9.82. The second kappa shape index (κ2) is 6.66. The van der Waals surface area contributed by atoms with E-state index in [1.165, 1.54) is 11.2 Å². The first-order chi connectivity index (χ1) is 14.5. The Bertz CT molecular complexity index is 1380. The number of imidazole rings is 1. The van der Waals surface area contributed by atoms with Gasteiger partial charge >= 0.3 is 0 Å². The van der Waals surface area contributed by atoms with E-state index in [2.05, 4.69) is 9.97 Å². The number of benzene rings is 2. The summed E-state index contributed by atoms with van der Waals surface area (Å²) in [6, 6.07) is 9.96. The lowest BCUT2D eigenvalue weighted by Gasteiger charge is -2.26. The number of H-pyrrole nitrogens is 1. The molecule has 0 bridgehead atoms. The van der Waals surface area contributed by atoms with E-state index in [0.29, 0.717) is 28.6 Å². The lowest BCUT2D eigenvalue weighted by atomic mass is 9.91. The molecule has 1 N–H and O–H groups in total. The van der Waals surface area contributed by atoms with Gasteiger partial charge in [0.1, 0.15) is 11.8 Å². The van der Waals surface area contributed by atoms with Gasteiger partial charge in [0, 0.05) is 5.69 Å². The highest BCUT2D eigenvalue weighted by atomic mass is 16.3. The zero-order chi connectivity index (χ0) is 21.0. The Morgan fingerprint density at radius 2 is 1.97 bits per heavy atom. The second-order valence-corrected chi connectivity index (χ2v) is 7.62. The fourth-order valence-electron chi connectivity index (χ4n) is 4.31. The van der Waals surface area contributed by atoms with Gasteiger partial charge in [-0.25, -0.2) is 4.98 Å². The van der Waals surface area contributed by atoms with Crippen LogP contribution in [0, 0.1) is 12.8 Å². The summed E-state index contributed by atoms with van der Waals surface area (Å²) in [5.41, 5.74) is 3.52. The molecular weight excluding hydrogens is 382 g/mol. The minimum Gasteiger partial charge on any atom is -0.464 e. The highest BCUT2D eigenvalue weighted by Crippen LogP contribution is 2.41. The number of ketones is 1. The molecule has 7 nitrogen and oxygen atoms in total. The molecule has 5 rings (SSSR count). The van der Waals surface area contributed by atoms with E-state index < -0.39 is 23.7 Å². The van der Waals surface area contributed by atoms with Crippen LogP contribution in [0.4, 0.5) is 5.69 Å². The molecule has 0 radical (unpaired) electrons. The van der Waals surface area contributed by atoms with Crippen LogP contribution in [0.3, 0.4) is 0 Å². The number of Topliss-reactive ketones (excluding diaryl/α,β-unsaturated/α-hetero) is 1. The molecule has 30 heavy (non-hydrogen) atoms. The summed E-state index contributed by atoms with van der Waals surface area (Å²) in [6.45, 7) is 3.74. The predicted molar refractivity (Wildman–Crippen MR) is 112 cm³/mol. The smallest absolute Gasteiger partial charge is 0.295 e. The summed E-state index contributed by atoms with van der Waals surface area (Å²) < 4.78 is 5.73. The number of amides is 1. The van der Waals surface area contributed by atoms with E-state index in [9.17, 15) is 14.4 Å². The molecule has 1 aliphatic heterocycles. The van der Waals surface area contributed by atoms with E-state index in [4.69, 9.17) is 4.42 Å². The van der Waals surface area contributed by atoms with Gasteiger partial charge in [0.05, 0.1) is 40.3 Å². The number of aromatic nitrogens is 2. The third-order valence-electron chi connectivity index (χ3n) is 5.82. The van der Waals surface area contributed by atoms with Crippen molar-refractivity contribution in [1.29, 1.82) is 0 Å². The molecule has 2 atom stereocenters. The highest BCUT2D eigenvalue weighted by Gasteiger charge is 2.49. The van der Waals surface area contributed by atoms with Gasteiger partial charge in [-0.05, 0) is 43.7 Å². The summed E-state index contributed by atoms with van der Waals surface area (Å²) in [4.78, 5) is 47.8. The van der Waals surface area contributed by atoms with Crippen LogP contribution in [0.2, 0.25) is 0 Å². The minimum absolute atomic E-state index is 0.224. The van der Waals surface area contributed by atoms with Crippen LogP contribution >= 0.6 is 0 Å². The molecule has 150 valence electrons. The maximum Gasteiger partial charge on any atom is 0.295 e. The molecule has 0 aliphatic carbocycles. The monoisotopic (exact) mass is 401 g/mol. The van der Waals surface area contributed by atoms with E-state index in [-0.39, 0.29) is 5.43 Å². The maximum atomic E-state index is 13.4. The van der Waals surface area contributed by atoms with Crippen LogP contribution in [-0.2, 0) is 9.59 Å². The van der Waals surface area contributed by atoms with Crippen LogP contribution in [-0.4, -0.2) is 21.7 Å². The summed E-state index contributed by atoms with van der Waals surface area (Å²) in [5.74, 6) is -1.73. The average molecular weight is 401 g/mol. The summed E-state index contributed by atoms with van der Waals surface area (Å²) in [7, 11) is 0. The number of aromatic amines is 1. The SMILES string of the molecule is CCC1C(=O)C(=O)N(c2ccc3nc[nH]c3c2)C1c1coc2ccc(C)cc2c1=O. The Morgan fingerprint density at radius 1 is 1.13 bits per heavy atom. The van der Waals surface area contributed by atoms with Crippen LogP contribution in [0.25, 0.3) is 22.0 Å². The van der Waals surface area contributed by atoms with Crippen molar-refractivity contribution in [1.82, 2.24) is 9.97 Å². The van der Waals surface area contributed by atoms with Crippen LogP contribution < -0.4 is 10.3 Å². The number of rotatable bonds is 3. The van der Waals surface area contributed by atoms with E-state index >= 15 is 0 Å². The largest absolute Gasteiger partial charge is 0.464 e. The molecule has 0 spiro atoms. The number of carbonyl (C=O) groups is 2. The predicted octanol–water partition coefficient (Wildman–Crippen LogP) is 3.66. The molecular formula is C23H19N3O4. The molecule has 4 aromatic rings. The standard InChI is InChI=1S/C23H19N3O4/c1-3-14-20(16-10-30-19-7-4-12(2)8-15(19)21(16)27)26(23(29)22(14)28)13-5-6-17-18(9-13)25-11-24-17/h4-11,14,20H,3H2,1-2H3,(H,24,25). The first-order valence-corrected chi connectivity index (χ1v) is 9.82. The topological polar surface area (TPSA) is 96.3 Å². The number of hydrogen-bond acceptors (Lipinski definition) is 5. The number of hydrogen-bond donors (Lipinski definition) is 1. The molecule has 1 aliphatic rings. The van der Waals surface area contributed by atoms with Crippen LogP contribution in [0.1, 0.15) is 30.5 Å². The zero-order valence-corrected chi connectivity index (χ0v) is 16.5. The van der Waals surface area contributed by atoms with Gasteiger partial charge in [0.2, 0.25) is 5.78 Å². The number of nitrogens with zero attached hydrogens (tertiary/aromatic N) is 2. The number of carbonyl (C=O) groups excluding carboxylic acids is 2. The summed E-state index contributed by atoms with van der Waals surface area (Å²) in [5, 5.41) is 0.443. The van der Waals surface area contributed by atoms with Gasteiger partial charge in [-0.15, -0.1) is 0 Å². The van der Waals surface area contributed by atoms with Gasteiger partial charge < -0.3 is 9.40 Å². The van der Waals surface area contributed by atoms with Gasteiger partial charge in [0.15, 0.2) is 5.43 Å². The molecule has 2 aromatic heterocycles. The number of fused-ring (bicyclic) bond motifs is 2. The fraction of sp³-hybridized carbons (Fsp3) is 0.217. The lowest BCUT2D eigenvalue weighted by molar-refractivity contribution is -0.135. The van der Waals surface area contributed by atoms with Gasteiger partial charge in [-0.2, -0.15) is 0 Å². The van der Waals surface area contributed by atoms with E-state index in [0.717, 1.165) is 16.6 Å². The van der Waals surface area contributed by atoms with Crippen molar-refractivity contribution in [3.05, 3.63) is 70.3 Å². The van der Waals surface area contributed by atoms with Crippen molar-refractivity contribution in [2.45, 2.75) is 26.3 Å². The Kier molecular flexibility index (Phi) is 4.06. The molecule has 0 saturated carbocycles. The molecule has 1 saturated heterocycles. The van der Waals surface area contributed by atoms with Crippen molar-refractivity contribution < 1.29 is 14.0 Å². The maximum absolute atomic E-state index is 13.4. The molecule has 2 unspecified atom stereocenters. The third-order valence-corrected chi connectivity index (χ3v) is 5.82. The number of anilines is 1. The molecule has 3 heterocycles. The van der Waals surface area contributed by atoms with Gasteiger partial charge in [-0.1, -0.05) is 18.6 Å². The van der Waals surface area contributed by atoms with Crippen molar-refractivity contribution in [3.8, 4) is 0 Å². The Labute approximate surface area is 171 Å². The second-order valence-electron chi connectivity index (χ2n) is 7.62. The van der Waals surface area contributed by atoms with E-state index in [1.807, 2.05) is 19.9 Å². The van der Waals surface area contributed by atoms with E-state index in [1.54, 1.807) is 36.7 Å². The fourth-order valence-corrected chi connectivity index (χ4v) is 4.31. The normalized spacial score (nSPS) is 19.3. The number of nitrogens with one attached hydrogen (secondary N) is 1. The Balaban J connectivity index is 1.73. The van der Waals surface area contributed by atoms with Crippen molar-refractivity contribution in [2.75, 3.05) is 4.90 Å². The quantitative estimate of drug-likeness (QED) is 0.529. The summed E-state index contributed by atoms with van der Waals surface area (Å²) in [6.07, 6.45) is 3.39. The van der Waals surface area contributed by atoms with Crippen LogP contribution in [0.15, 0.2) is 58.2 Å². The molecule has 7 heteroatoms. The Hall–Kier alpha value is -3.74. The van der Waals surface area contributed by atoms with Crippen molar-refractivity contribution >= 4 is 39.4 Å². The third kappa shape index (κ3) is 2.58. The highest BCUT2D eigenvalue weighted by molar-refractivity contribution is 6.45. The minimum atomic E-state index is -0.725. The molecule has 1 fully saturated rings. The zero-order valence-electron chi connectivity index (χ0n) is 16.5.